The molecule has 0 fully saturated rings. The molecule has 5 nitrogen and oxygen atoms in total. The first kappa shape index (κ1) is 11.9. The maximum atomic E-state index is 12.0. The fourth-order valence-corrected chi connectivity index (χ4v) is 3.04. The van der Waals surface area contributed by atoms with Gasteiger partial charge < -0.3 is 5.32 Å². The van der Waals surface area contributed by atoms with E-state index in [0.29, 0.717) is 25.3 Å². The van der Waals surface area contributed by atoms with Crippen LogP contribution in [0, 0.1) is 11.3 Å². The topological polar surface area (TPSA) is 73.2 Å². The number of hydrogen-bond acceptors (Lipinski definition) is 4. The number of anilines is 1. The molecule has 6 heteroatoms. The van der Waals surface area contributed by atoms with Gasteiger partial charge in [-0.05, 0) is 11.6 Å². The highest BCUT2D eigenvalue weighted by atomic mass is 32.2. The Hall–Kier alpha value is -1.58. The van der Waals surface area contributed by atoms with E-state index >= 15 is 0 Å². The molecule has 0 bridgehead atoms. The van der Waals surface area contributed by atoms with Crippen LogP contribution in [0.5, 0.6) is 0 Å². The molecule has 2 rings (SSSR count). The van der Waals surface area contributed by atoms with E-state index < -0.39 is 15.8 Å². The van der Waals surface area contributed by atoms with Crippen molar-refractivity contribution in [1.82, 2.24) is 5.32 Å². The lowest BCUT2D eigenvalue weighted by Gasteiger charge is -2.22. The summed E-state index contributed by atoms with van der Waals surface area (Å²) < 4.78 is 25.3. The highest BCUT2D eigenvalue weighted by Crippen LogP contribution is 2.24. The molecule has 1 aliphatic rings. The fourth-order valence-electron chi connectivity index (χ4n) is 1.88. The number of nitriles is 1. The number of fused-ring (bicyclic) bond motifs is 1. The first-order valence-electron chi connectivity index (χ1n) is 5.31. The van der Waals surface area contributed by atoms with Crippen LogP contribution in [0.4, 0.5) is 5.69 Å². The maximum absolute atomic E-state index is 12.0. The Morgan fingerprint density at radius 2 is 2.18 bits per heavy atom. The van der Waals surface area contributed by atoms with E-state index in [1.165, 1.54) is 4.31 Å². The van der Waals surface area contributed by atoms with Crippen LogP contribution in [0.2, 0.25) is 0 Å². The quantitative estimate of drug-likeness (QED) is 0.828. The molecule has 1 heterocycles. The molecule has 0 spiro atoms. The zero-order valence-corrected chi connectivity index (χ0v) is 10.1. The average molecular weight is 251 g/mol. The van der Waals surface area contributed by atoms with Gasteiger partial charge in [0.1, 0.15) is 0 Å². The smallest absolute Gasteiger partial charge is 0.248 e. The summed E-state index contributed by atoms with van der Waals surface area (Å²) in [5, 5.41) is 11.7. The van der Waals surface area contributed by atoms with Crippen LogP contribution in [0.3, 0.4) is 0 Å². The Labute approximate surface area is 101 Å². The van der Waals surface area contributed by atoms with Crippen LogP contribution < -0.4 is 9.62 Å². The minimum atomic E-state index is -3.54. The van der Waals surface area contributed by atoms with Crippen LogP contribution in [-0.4, -0.2) is 27.3 Å². The Balaban J connectivity index is 2.46. The van der Waals surface area contributed by atoms with Gasteiger partial charge in [-0.2, -0.15) is 5.26 Å². The van der Waals surface area contributed by atoms with Crippen molar-refractivity contribution in [2.45, 2.75) is 6.54 Å². The second kappa shape index (κ2) is 4.73. The van der Waals surface area contributed by atoms with Crippen molar-refractivity contribution in [3.8, 4) is 6.07 Å². The van der Waals surface area contributed by atoms with Gasteiger partial charge in [0.25, 0.3) is 0 Å². The molecule has 0 aromatic heterocycles. The first-order chi connectivity index (χ1) is 8.15. The minimum absolute atomic E-state index is 0.362. The van der Waals surface area contributed by atoms with Crippen LogP contribution >= 0.6 is 0 Å². The van der Waals surface area contributed by atoms with Gasteiger partial charge in [-0.3, -0.25) is 4.31 Å². The SMILES string of the molecule is N#CCS(=O)(=O)N1CCNCc2ccccc21. The third kappa shape index (κ3) is 2.40. The molecule has 1 aliphatic heterocycles. The summed E-state index contributed by atoms with van der Waals surface area (Å²) >= 11 is 0. The lowest BCUT2D eigenvalue weighted by atomic mass is 10.2. The van der Waals surface area contributed by atoms with E-state index in [-0.39, 0.29) is 0 Å². The fraction of sp³-hybridized carbons (Fsp3) is 0.364. The summed E-state index contributed by atoms with van der Waals surface area (Å²) in [5.74, 6) is -0.485. The monoisotopic (exact) mass is 251 g/mol. The van der Waals surface area contributed by atoms with Crippen molar-refractivity contribution in [3.05, 3.63) is 29.8 Å². The highest BCUT2D eigenvalue weighted by Gasteiger charge is 2.25. The molecule has 0 amide bonds. The number of para-hydroxylation sites is 1. The van der Waals surface area contributed by atoms with Gasteiger partial charge in [0.2, 0.25) is 10.0 Å². The van der Waals surface area contributed by atoms with Gasteiger partial charge in [0.05, 0.1) is 11.8 Å². The molecule has 90 valence electrons. The molecule has 17 heavy (non-hydrogen) atoms. The molecule has 0 aliphatic carbocycles. The van der Waals surface area contributed by atoms with E-state index in [4.69, 9.17) is 5.26 Å². The summed E-state index contributed by atoms with van der Waals surface area (Å²) in [6.45, 7) is 1.59. The van der Waals surface area contributed by atoms with Crippen molar-refractivity contribution >= 4 is 15.7 Å². The van der Waals surface area contributed by atoms with Gasteiger partial charge in [0.15, 0.2) is 5.75 Å². The van der Waals surface area contributed by atoms with E-state index in [2.05, 4.69) is 5.32 Å². The summed E-state index contributed by atoms with van der Waals surface area (Å²) in [6.07, 6.45) is 0. The van der Waals surface area contributed by atoms with E-state index in [9.17, 15) is 8.42 Å². The summed E-state index contributed by atoms with van der Waals surface area (Å²) in [4.78, 5) is 0. The predicted molar refractivity (Wildman–Crippen MR) is 64.9 cm³/mol. The molecule has 0 saturated carbocycles. The summed E-state index contributed by atoms with van der Waals surface area (Å²) in [6, 6.07) is 9.05. The Kier molecular flexibility index (Phi) is 3.31. The van der Waals surface area contributed by atoms with Crippen LogP contribution in [0.15, 0.2) is 24.3 Å². The zero-order chi connectivity index (χ0) is 12.3. The van der Waals surface area contributed by atoms with Crippen molar-refractivity contribution in [3.63, 3.8) is 0 Å². The van der Waals surface area contributed by atoms with Crippen molar-refractivity contribution < 1.29 is 8.42 Å². The van der Waals surface area contributed by atoms with Crippen molar-refractivity contribution in [2.75, 3.05) is 23.1 Å². The summed E-state index contributed by atoms with van der Waals surface area (Å²) in [7, 11) is -3.54. The third-order valence-corrected chi connectivity index (χ3v) is 4.19. The number of rotatable bonds is 2. The number of nitrogens with zero attached hydrogens (tertiary/aromatic N) is 2. The van der Waals surface area contributed by atoms with Crippen molar-refractivity contribution in [2.24, 2.45) is 0 Å². The molecule has 1 N–H and O–H groups in total. The highest BCUT2D eigenvalue weighted by molar-refractivity contribution is 7.93. The Morgan fingerprint density at radius 3 is 2.94 bits per heavy atom. The number of nitrogens with one attached hydrogen (secondary N) is 1. The normalized spacial score (nSPS) is 15.8. The standard InChI is InChI=1S/C11H13N3O2S/c12-5-8-17(15,16)14-7-6-13-9-10-3-1-2-4-11(10)14/h1-4,13H,6-9H2. The van der Waals surface area contributed by atoms with Crippen LogP contribution in [0.1, 0.15) is 5.56 Å². The molecular formula is C11H13N3O2S. The predicted octanol–water partition coefficient (Wildman–Crippen LogP) is 0.450. The third-order valence-electron chi connectivity index (χ3n) is 2.65. The van der Waals surface area contributed by atoms with E-state index in [1.54, 1.807) is 18.2 Å². The minimum Gasteiger partial charge on any atom is -0.311 e. The molecule has 0 radical (unpaired) electrons. The van der Waals surface area contributed by atoms with Gasteiger partial charge in [-0.25, -0.2) is 8.42 Å². The molecule has 0 atom stereocenters. The van der Waals surface area contributed by atoms with E-state index in [0.717, 1.165) is 5.56 Å². The molecule has 1 aromatic carbocycles. The van der Waals surface area contributed by atoms with E-state index in [1.807, 2.05) is 12.1 Å². The van der Waals surface area contributed by atoms with Crippen LogP contribution in [0.25, 0.3) is 0 Å². The average Bonchev–Trinajstić information content (AvgIpc) is 2.51. The molecule has 0 saturated heterocycles. The zero-order valence-electron chi connectivity index (χ0n) is 9.26. The Bertz CT molecular complexity index is 548. The van der Waals surface area contributed by atoms with Gasteiger partial charge in [0, 0.05) is 19.6 Å². The van der Waals surface area contributed by atoms with Gasteiger partial charge in [-0.15, -0.1) is 0 Å². The second-order valence-electron chi connectivity index (χ2n) is 3.79. The molecule has 1 aromatic rings. The number of benzene rings is 1. The molecule has 0 unspecified atom stereocenters. The lowest BCUT2D eigenvalue weighted by Crippen LogP contribution is -2.36. The second-order valence-corrected chi connectivity index (χ2v) is 5.69. The van der Waals surface area contributed by atoms with Gasteiger partial charge in [-0.1, -0.05) is 18.2 Å². The summed E-state index contributed by atoms with van der Waals surface area (Å²) in [5.41, 5.74) is 1.61. The van der Waals surface area contributed by atoms with Crippen molar-refractivity contribution in [1.29, 1.82) is 5.26 Å². The maximum Gasteiger partial charge on any atom is 0.248 e. The van der Waals surface area contributed by atoms with Crippen LogP contribution in [-0.2, 0) is 16.6 Å². The largest absolute Gasteiger partial charge is 0.311 e. The number of sulfonamides is 1. The lowest BCUT2D eigenvalue weighted by molar-refractivity contribution is 0.593. The number of hydrogen-bond donors (Lipinski definition) is 1. The molecular weight excluding hydrogens is 238 g/mol. The van der Waals surface area contributed by atoms with Gasteiger partial charge >= 0.3 is 0 Å². The Morgan fingerprint density at radius 1 is 1.41 bits per heavy atom. The first-order valence-corrected chi connectivity index (χ1v) is 6.92.